The van der Waals surface area contributed by atoms with Gasteiger partial charge in [0.05, 0.1) is 17.7 Å². The van der Waals surface area contributed by atoms with Crippen LogP contribution in [-0.4, -0.2) is 19.8 Å². The number of nitrogens with two attached hydrogens (primary N) is 1. The van der Waals surface area contributed by atoms with Crippen LogP contribution in [0.15, 0.2) is 4.47 Å². The van der Waals surface area contributed by atoms with Gasteiger partial charge in [-0.25, -0.2) is 0 Å². The Hall–Kier alpha value is -0.740. The van der Waals surface area contributed by atoms with Gasteiger partial charge in [0.15, 0.2) is 0 Å². The van der Waals surface area contributed by atoms with Crippen molar-refractivity contribution in [2.24, 2.45) is 5.73 Å². The first-order valence-corrected chi connectivity index (χ1v) is 7.69. The number of hydrogen-bond donors (Lipinski definition) is 1. The number of ether oxygens (including phenoxy) is 2. The van der Waals surface area contributed by atoms with Crippen LogP contribution in [-0.2, 0) is 18.3 Å². The average molecular weight is 326 g/mol. The highest BCUT2D eigenvalue weighted by atomic mass is 79.9. The second kappa shape index (κ2) is 4.67. The van der Waals surface area contributed by atoms with E-state index < -0.39 is 0 Å². The van der Waals surface area contributed by atoms with E-state index in [9.17, 15) is 0 Å². The third-order valence-electron chi connectivity index (χ3n) is 4.18. The van der Waals surface area contributed by atoms with Gasteiger partial charge in [0, 0.05) is 29.5 Å². The summed E-state index contributed by atoms with van der Waals surface area (Å²) >= 11 is 3.69. The standard InChI is InChI=1S/C15H20BrNO2/c1-15(2,5-6-17)11-9-3-7-19-14(9)12(16)10-4-8-18-13(10)11/h3-8,17H2,1-2H3. The number of hydrogen-bond acceptors (Lipinski definition) is 3. The molecule has 1 aromatic carbocycles. The summed E-state index contributed by atoms with van der Waals surface area (Å²) in [5, 5.41) is 0. The van der Waals surface area contributed by atoms with Gasteiger partial charge in [0.2, 0.25) is 0 Å². The van der Waals surface area contributed by atoms with E-state index in [1.54, 1.807) is 0 Å². The minimum absolute atomic E-state index is 0.0294. The monoisotopic (exact) mass is 325 g/mol. The van der Waals surface area contributed by atoms with Crippen LogP contribution in [0.2, 0.25) is 0 Å². The fourth-order valence-electron chi connectivity index (χ4n) is 3.25. The summed E-state index contributed by atoms with van der Waals surface area (Å²) in [5.74, 6) is 2.11. The van der Waals surface area contributed by atoms with Crippen molar-refractivity contribution in [2.75, 3.05) is 19.8 Å². The predicted octanol–water partition coefficient (Wildman–Crippen LogP) is 2.95. The lowest BCUT2D eigenvalue weighted by molar-refractivity contribution is 0.341. The van der Waals surface area contributed by atoms with Crippen LogP contribution in [0, 0.1) is 0 Å². The highest BCUT2D eigenvalue weighted by Crippen LogP contribution is 2.51. The van der Waals surface area contributed by atoms with Gasteiger partial charge in [0.1, 0.15) is 11.5 Å². The molecule has 0 radical (unpaired) electrons. The van der Waals surface area contributed by atoms with E-state index in [-0.39, 0.29) is 5.41 Å². The summed E-state index contributed by atoms with van der Waals surface area (Å²) in [6, 6.07) is 0. The van der Waals surface area contributed by atoms with Gasteiger partial charge in [0.25, 0.3) is 0 Å². The van der Waals surface area contributed by atoms with Crippen molar-refractivity contribution in [3.63, 3.8) is 0 Å². The molecule has 0 bridgehead atoms. The molecule has 0 aliphatic carbocycles. The van der Waals surface area contributed by atoms with Crippen LogP contribution in [0.1, 0.15) is 37.0 Å². The highest BCUT2D eigenvalue weighted by molar-refractivity contribution is 9.10. The minimum atomic E-state index is 0.0294. The molecule has 2 aliphatic heterocycles. The highest BCUT2D eigenvalue weighted by Gasteiger charge is 2.36. The van der Waals surface area contributed by atoms with Crippen molar-refractivity contribution in [3.8, 4) is 11.5 Å². The van der Waals surface area contributed by atoms with Crippen molar-refractivity contribution < 1.29 is 9.47 Å². The smallest absolute Gasteiger partial charge is 0.137 e. The molecule has 1 aromatic rings. The van der Waals surface area contributed by atoms with E-state index >= 15 is 0 Å². The Labute approximate surface area is 122 Å². The topological polar surface area (TPSA) is 44.5 Å². The van der Waals surface area contributed by atoms with Crippen molar-refractivity contribution in [1.82, 2.24) is 0 Å². The molecule has 2 N–H and O–H groups in total. The molecular formula is C15H20BrNO2. The quantitative estimate of drug-likeness (QED) is 0.929. The van der Waals surface area contributed by atoms with E-state index in [2.05, 4.69) is 29.8 Å². The summed E-state index contributed by atoms with van der Waals surface area (Å²) < 4.78 is 12.9. The number of halogens is 1. The van der Waals surface area contributed by atoms with Gasteiger partial charge in [-0.2, -0.15) is 0 Å². The molecule has 0 amide bonds. The van der Waals surface area contributed by atoms with Crippen molar-refractivity contribution in [1.29, 1.82) is 0 Å². The maximum absolute atomic E-state index is 5.94. The van der Waals surface area contributed by atoms with Gasteiger partial charge in [-0.3, -0.25) is 0 Å². The Kier molecular flexibility index (Phi) is 3.26. The van der Waals surface area contributed by atoms with Crippen molar-refractivity contribution >= 4 is 15.9 Å². The Morgan fingerprint density at radius 3 is 2.42 bits per heavy atom. The first kappa shape index (κ1) is 13.3. The molecule has 0 aromatic heterocycles. The second-order valence-electron chi connectivity index (χ2n) is 5.92. The van der Waals surface area contributed by atoms with Gasteiger partial charge in [-0.05, 0) is 34.3 Å². The Morgan fingerprint density at radius 1 is 1.11 bits per heavy atom. The zero-order valence-corrected chi connectivity index (χ0v) is 13.1. The molecule has 104 valence electrons. The van der Waals surface area contributed by atoms with E-state index in [1.807, 2.05) is 0 Å². The lowest BCUT2D eigenvalue weighted by Gasteiger charge is -2.29. The van der Waals surface area contributed by atoms with Gasteiger partial charge in [-0.1, -0.05) is 13.8 Å². The fourth-order valence-corrected chi connectivity index (χ4v) is 3.99. The van der Waals surface area contributed by atoms with E-state index in [0.717, 1.165) is 48.4 Å². The maximum atomic E-state index is 5.94. The van der Waals surface area contributed by atoms with Gasteiger partial charge >= 0.3 is 0 Å². The van der Waals surface area contributed by atoms with E-state index in [4.69, 9.17) is 15.2 Å². The molecule has 19 heavy (non-hydrogen) atoms. The first-order valence-electron chi connectivity index (χ1n) is 6.89. The van der Waals surface area contributed by atoms with Crippen LogP contribution in [0.4, 0.5) is 0 Å². The summed E-state index contributed by atoms with van der Waals surface area (Å²) in [5.41, 5.74) is 9.72. The van der Waals surface area contributed by atoms with Gasteiger partial charge < -0.3 is 15.2 Å². The molecule has 0 unspecified atom stereocenters. The number of benzene rings is 1. The molecule has 3 rings (SSSR count). The zero-order chi connectivity index (χ0) is 13.6. The Morgan fingerprint density at radius 2 is 1.74 bits per heavy atom. The Bertz CT molecular complexity index is 490. The SMILES string of the molecule is CC(C)(CCN)c1c2c(c(Br)c3c1OCC3)OCC2. The average Bonchev–Trinajstić information content (AvgIpc) is 2.96. The third-order valence-corrected chi connectivity index (χ3v) is 5.02. The molecule has 0 fully saturated rings. The summed E-state index contributed by atoms with van der Waals surface area (Å²) in [6.45, 7) is 6.73. The second-order valence-corrected chi connectivity index (χ2v) is 6.72. The Balaban J connectivity index is 2.24. The largest absolute Gasteiger partial charge is 0.493 e. The normalized spacial score (nSPS) is 16.8. The summed E-state index contributed by atoms with van der Waals surface area (Å²) in [6.07, 6.45) is 2.88. The lowest BCUT2D eigenvalue weighted by Crippen LogP contribution is -2.24. The molecule has 0 saturated heterocycles. The number of fused-ring (bicyclic) bond motifs is 2. The molecular weight excluding hydrogens is 306 g/mol. The molecule has 2 heterocycles. The van der Waals surface area contributed by atoms with Crippen LogP contribution in [0.25, 0.3) is 0 Å². The van der Waals surface area contributed by atoms with E-state index in [1.165, 1.54) is 16.7 Å². The molecule has 4 heteroatoms. The maximum Gasteiger partial charge on any atom is 0.137 e. The van der Waals surface area contributed by atoms with Crippen molar-refractivity contribution in [2.45, 2.75) is 38.5 Å². The molecule has 2 aliphatic rings. The number of rotatable bonds is 3. The molecule has 0 spiro atoms. The molecule has 0 saturated carbocycles. The lowest BCUT2D eigenvalue weighted by atomic mass is 9.77. The van der Waals surface area contributed by atoms with Crippen LogP contribution in [0.3, 0.4) is 0 Å². The first-order chi connectivity index (χ1) is 9.06. The van der Waals surface area contributed by atoms with Crippen LogP contribution >= 0.6 is 15.9 Å². The third kappa shape index (κ3) is 1.96. The van der Waals surface area contributed by atoms with Gasteiger partial charge in [-0.15, -0.1) is 0 Å². The fraction of sp³-hybridized carbons (Fsp3) is 0.600. The van der Waals surface area contributed by atoms with E-state index in [0.29, 0.717) is 6.54 Å². The van der Waals surface area contributed by atoms with Crippen molar-refractivity contribution in [3.05, 3.63) is 21.2 Å². The van der Waals surface area contributed by atoms with Crippen LogP contribution < -0.4 is 15.2 Å². The van der Waals surface area contributed by atoms with Crippen LogP contribution in [0.5, 0.6) is 11.5 Å². The minimum Gasteiger partial charge on any atom is -0.493 e. The predicted molar refractivity (Wildman–Crippen MR) is 79.2 cm³/mol. The summed E-state index contributed by atoms with van der Waals surface area (Å²) in [7, 11) is 0. The summed E-state index contributed by atoms with van der Waals surface area (Å²) in [4.78, 5) is 0. The molecule has 0 atom stereocenters. The molecule has 3 nitrogen and oxygen atoms in total. The zero-order valence-electron chi connectivity index (χ0n) is 11.5.